The Morgan fingerprint density at radius 2 is 0.854 bits per heavy atom. The first kappa shape index (κ1) is 36.2. The molecule has 0 heterocycles. The van der Waals surface area contributed by atoms with Gasteiger partial charge < -0.3 is 33.2 Å². The number of hydrogen-bond donors (Lipinski definition) is 0. The van der Waals surface area contributed by atoms with E-state index < -0.39 is 97.4 Å². The third kappa shape index (κ3) is 11.1. The predicted molar refractivity (Wildman–Crippen MR) is 143 cm³/mol. The molecule has 0 bridgehead atoms. The lowest BCUT2D eigenvalue weighted by atomic mass is 9.75. The van der Waals surface area contributed by atoms with Gasteiger partial charge in [0.2, 0.25) is 0 Å². The van der Waals surface area contributed by atoms with E-state index in [0.717, 1.165) is 38.5 Å². The minimum absolute atomic E-state index is 0.396. The zero-order chi connectivity index (χ0) is 31.6. The van der Waals surface area contributed by atoms with Crippen LogP contribution in [0.15, 0.2) is 74.9 Å². The van der Waals surface area contributed by atoms with Gasteiger partial charge in [0.15, 0.2) is 0 Å². The Bertz CT molecular complexity index is 995. The maximum absolute atomic E-state index is 12.5. The first-order valence-electron chi connectivity index (χ1n) is 11.6. The molecule has 0 atom stereocenters. The van der Waals surface area contributed by atoms with Crippen molar-refractivity contribution >= 4 is 35.8 Å². The smallest absolute Gasteiger partial charge is 0.334 e. The normalized spacial score (nSPS) is 10.6. The summed E-state index contributed by atoms with van der Waals surface area (Å²) in [6.45, 7) is 17.1. The summed E-state index contributed by atoms with van der Waals surface area (Å²) in [5.41, 5.74) is -4.30. The first-order chi connectivity index (χ1) is 19.3. The number of hydrogen-bond acceptors (Lipinski definition) is 13. The summed E-state index contributed by atoms with van der Waals surface area (Å²) in [7, 11) is 2.10. The Kier molecular flexibility index (Phi) is 15.7. The van der Waals surface area contributed by atoms with Gasteiger partial charge >= 0.3 is 35.8 Å². The van der Waals surface area contributed by atoms with Crippen LogP contribution in [0, 0.1) is 10.8 Å². The van der Waals surface area contributed by atoms with E-state index >= 15 is 0 Å². The molecule has 0 rings (SSSR count). The molecule has 41 heavy (non-hydrogen) atoms. The highest BCUT2D eigenvalue weighted by atomic mass is 16.6. The van der Waals surface area contributed by atoms with Crippen LogP contribution in [-0.2, 0) is 61.9 Å². The van der Waals surface area contributed by atoms with Crippen LogP contribution in [-0.4, -0.2) is 89.7 Å². The van der Waals surface area contributed by atoms with Crippen molar-refractivity contribution in [2.24, 2.45) is 10.8 Å². The number of rotatable bonds is 20. The van der Waals surface area contributed by atoms with Crippen molar-refractivity contribution in [2.45, 2.75) is 0 Å². The van der Waals surface area contributed by atoms with E-state index in [2.05, 4.69) is 39.5 Å². The molecule has 0 aromatic rings. The van der Waals surface area contributed by atoms with Gasteiger partial charge in [-0.25, -0.2) is 28.8 Å². The Hall–Kier alpha value is -4.78. The van der Waals surface area contributed by atoms with Crippen LogP contribution in [0.4, 0.5) is 0 Å². The fraction of sp³-hybridized carbons (Fsp3) is 0.357. The molecule has 0 aromatic heterocycles. The van der Waals surface area contributed by atoms with Crippen LogP contribution < -0.4 is 0 Å². The number of carbonyl (C=O) groups is 6. The van der Waals surface area contributed by atoms with E-state index in [1.54, 1.807) is 0 Å². The minimum Gasteiger partial charge on any atom is -0.466 e. The third-order valence-electron chi connectivity index (χ3n) is 5.46. The molecule has 13 heteroatoms. The van der Waals surface area contributed by atoms with E-state index in [1.165, 1.54) is 0 Å². The third-order valence-corrected chi connectivity index (χ3v) is 5.46. The highest BCUT2D eigenvalue weighted by molar-refractivity contribution is 5.97. The number of methoxy groups -OCH3 is 2. The molecule has 0 fully saturated rings. The van der Waals surface area contributed by atoms with Crippen LogP contribution >= 0.6 is 0 Å². The van der Waals surface area contributed by atoms with Crippen LogP contribution in [0.3, 0.4) is 0 Å². The number of esters is 6. The van der Waals surface area contributed by atoms with Crippen molar-refractivity contribution in [3.8, 4) is 0 Å². The molecule has 0 amide bonds. The summed E-state index contributed by atoms with van der Waals surface area (Å²) in [6.07, 6.45) is 3.46. The Labute approximate surface area is 237 Å². The fourth-order valence-electron chi connectivity index (χ4n) is 3.00. The summed E-state index contributed by atoms with van der Waals surface area (Å²) in [5, 5.41) is 0. The molecule has 0 aliphatic carbocycles. The highest BCUT2D eigenvalue weighted by Crippen LogP contribution is 2.37. The molecule has 0 saturated heterocycles. The lowest BCUT2D eigenvalue weighted by Crippen LogP contribution is -2.46. The Morgan fingerprint density at radius 1 is 0.537 bits per heavy atom. The second-order valence-electron chi connectivity index (χ2n) is 8.26. The maximum Gasteiger partial charge on any atom is 0.334 e. The SMILES string of the molecule is C=CC(=O)OCC(COCC(COC(=O)C=C)(C(=C)C(=O)OC)C(=C)C(=O)OC)(COC(=O)C=C)COC(=O)C=C. The topological polar surface area (TPSA) is 167 Å². The summed E-state index contributed by atoms with van der Waals surface area (Å²) in [4.78, 5) is 72.5. The van der Waals surface area contributed by atoms with Crippen molar-refractivity contribution in [3.63, 3.8) is 0 Å². The molecular formula is C28H34O13. The number of ether oxygens (including phenoxy) is 7. The Morgan fingerprint density at radius 3 is 1.15 bits per heavy atom. The molecule has 0 radical (unpaired) electrons. The lowest BCUT2D eigenvalue weighted by molar-refractivity contribution is -0.163. The van der Waals surface area contributed by atoms with Gasteiger partial charge in [-0.15, -0.1) is 0 Å². The first-order valence-corrected chi connectivity index (χ1v) is 11.6. The molecule has 0 N–H and O–H groups in total. The van der Waals surface area contributed by atoms with Crippen molar-refractivity contribution < 1.29 is 61.9 Å². The van der Waals surface area contributed by atoms with Crippen molar-refractivity contribution in [1.82, 2.24) is 0 Å². The Balaban J connectivity index is 6.65. The van der Waals surface area contributed by atoms with E-state index in [1.807, 2.05) is 0 Å². The summed E-state index contributed by atoms with van der Waals surface area (Å²) < 4.78 is 35.9. The minimum atomic E-state index is -1.95. The molecule has 0 unspecified atom stereocenters. The van der Waals surface area contributed by atoms with Gasteiger partial charge in [0.25, 0.3) is 0 Å². The molecule has 13 nitrogen and oxygen atoms in total. The maximum atomic E-state index is 12.5. The van der Waals surface area contributed by atoms with E-state index in [-0.39, 0.29) is 0 Å². The van der Waals surface area contributed by atoms with Gasteiger partial charge in [-0.2, -0.15) is 0 Å². The molecule has 0 aromatic carbocycles. The molecule has 0 saturated carbocycles. The highest BCUT2D eigenvalue weighted by Gasteiger charge is 2.46. The lowest BCUT2D eigenvalue weighted by Gasteiger charge is -2.36. The van der Waals surface area contributed by atoms with Gasteiger partial charge in [-0.05, 0) is 0 Å². The average molecular weight is 579 g/mol. The van der Waals surface area contributed by atoms with E-state index in [9.17, 15) is 28.8 Å². The van der Waals surface area contributed by atoms with Crippen molar-refractivity contribution in [2.75, 3.05) is 53.9 Å². The van der Waals surface area contributed by atoms with Crippen molar-refractivity contribution in [1.29, 1.82) is 0 Å². The summed E-state index contributed by atoms with van der Waals surface area (Å²) >= 11 is 0. The van der Waals surface area contributed by atoms with Gasteiger partial charge in [0.05, 0.1) is 38.3 Å². The van der Waals surface area contributed by atoms with Gasteiger partial charge in [0.1, 0.15) is 26.4 Å². The molecule has 0 aliphatic rings. The summed E-state index contributed by atoms with van der Waals surface area (Å²) in [5.74, 6) is -5.49. The van der Waals surface area contributed by atoms with Crippen LogP contribution in [0.25, 0.3) is 0 Å². The molecule has 224 valence electrons. The second-order valence-corrected chi connectivity index (χ2v) is 8.26. The molecule has 0 aliphatic heterocycles. The van der Waals surface area contributed by atoms with Gasteiger partial charge in [-0.1, -0.05) is 39.5 Å². The van der Waals surface area contributed by atoms with E-state index in [0.29, 0.717) is 0 Å². The number of carbonyl (C=O) groups excluding carboxylic acids is 6. The fourth-order valence-corrected chi connectivity index (χ4v) is 3.00. The summed E-state index contributed by atoms with van der Waals surface area (Å²) in [6, 6.07) is 0. The molecule has 0 spiro atoms. The van der Waals surface area contributed by atoms with Crippen molar-refractivity contribution in [3.05, 3.63) is 74.9 Å². The zero-order valence-electron chi connectivity index (χ0n) is 23.1. The van der Waals surface area contributed by atoms with Gasteiger partial charge in [0, 0.05) is 35.5 Å². The predicted octanol–water partition coefficient (Wildman–Crippen LogP) is 1.35. The van der Waals surface area contributed by atoms with E-state index in [4.69, 9.17) is 33.2 Å². The second kappa shape index (κ2) is 17.7. The monoisotopic (exact) mass is 578 g/mol. The quantitative estimate of drug-likeness (QED) is 0.115. The largest absolute Gasteiger partial charge is 0.466 e. The van der Waals surface area contributed by atoms with Crippen LogP contribution in [0.1, 0.15) is 0 Å². The average Bonchev–Trinajstić information content (AvgIpc) is 3.00. The molecular weight excluding hydrogens is 544 g/mol. The van der Waals surface area contributed by atoms with Gasteiger partial charge in [-0.3, -0.25) is 0 Å². The van der Waals surface area contributed by atoms with Crippen LogP contribution in [0.2, 0.25) is 0 Å². The standard InChI is InChI=1S/C28H34O13/c1-9-21(29)38-14-27(15-39-22(30)10-2,16-40-23(31)11-3)13-37-17-28(18-41-24(32)12-4,19(5)25(33)35-7)20(6)26(34)36-8/h9-12H,1-6,13-18H2,7-8H3. The zero-order valence-corrected chi connectivity index (χ0v) is 23.1. The van der Waals surface area contributed by atoms with Crippen LogP contribution in [0.5, 0.6) is 0 Å².